The van der Waals surface area contributed by atoms with Gasteiger partial charge in [0.2, 0.25) is 5.91 Å². The fourth-order valence-corrected chi connectivity index (χ4v) is 5.57. The molecule has 2 N–H and O–H groups in total. The molecule has 4 nitrogen and oxygen atoms in total. The Morgan fingerprint density at radius 1 is 1.37 bits per heavy atom. The Balaban J connectivity index is 1.61. The third kappa shape index (κ3) is 1.72. The van der Waals surface area contributed by atoms with Crippen LogP contribution in [-0.4, -0.2) is 16.1 Å². The predicted molar refractivity (Wildman–Crippen MR) is 72.4 cm³/mol. The number of aromatic amines is 1. The molecule has 0 radical (unpaired) electrons. The van der Waals surface area contributed by atoms with E-state index in [1.807, 2.05) is 6.07 Å². The van der Waals surface area contributed by atoms with Gasteiger partial charge in [-0.2, -0.15) is 5.10 Å². The van der Waals surface area contributed by atoms with Crippen LogP contribution in [0.25, 0.3) is 0 Å². The third-order valence-corrected chi connectivity index (χ3v) is 5.58. The van der Waals surface area contributed by atoms with Crippen molar-refractivity contribution in [3.05, 3.63) is 12.3 Å². The second-order valence-corrected chi connectivity index (χ2v) is 7.48. The minimum absolute atomic E-state index is 0.107. The first-order valence-corrected chi connectivity index (χ1v) is 7.38. The summed E-state index contributed by atoms with van der Waals surface area (Å²) in [5.74, 6) is 2.50. The lowest BCUT2D eigenvalue weighted by atomic mass is 9.44. The molecule has 2 atom stereocenters. The smallest absolute Gasteiger partial charge is 0.231 e. The maximum atomic E-state index is 12.7. The molecule has 1 amide bonds. The highest BCUT2D eigenvalue weighted by atomic mass is 16.2. The highest BCUT2D eigenvalue weighted by Crippen LogP contribution is 2.65. The van der Waals surface area contributed by atoms with Crippen molar-refractivity contribution in [1.29, 1.82) is 0 Å². The van der Waals surface area contributed by atoms with E-state index < -0.39 is 0 Å². The molecule has 4 fully saturated rings. The molecule has 4 aliphatic carbocycles. The van der Waals surface area contributed by atoms with Crippen molar-refractivity contribution in [2.75, 3.05) is 5.32 Å². The van der Waals surface area contributed by atoms with Crippen LogP contribution in [0, 0.1) is 22.7 Å². The molecular formula is C15H21N3O. The number of carbonyl (C=O) groups is 1. The van der Waals surface area contributed by atoms with E-state index in [2.05, 4.69) is 22.4 Å². The maximum absolute atomic E-state index is 12.7. The van der Waals surface area contributed by atoms with Gasteiger partial charge in [-0.1, -0.05) is 6.92 Å². The standard InChI is InChI=1S/C15H21N3O/c1-14-5-10-4-11(6-14)8-15(7-10,9-14)13(19)17-12-2-3-16-18-12/h2-3,10-11H,4-9H2,1H3,(H2,16,17,18,19). The lowest BCUT2D eigenvalue weighted by molar-refractivity contribution is -0.149. The van der Waals surface area contributed by atoms with Gasteiger partial charge < -0.3 is 5.32 Å². The van der Waals surface area contributed by atoms with Crippen LogP contribution in [0.5, 0.6) is 0 Å². The highest BCUT2D eigenvalue weighted by Gasteiger charge is 2.58. The average molecular weight is 259 g/mol. The number of nitrogens with one attached hydrogen (secondary N) is 2. The van der Waals surface area contributed by atoms with Gasteiger partial charge in [0.15, 0.2) is 0 Å². The summed E-state index contributed by atoms with van der Waals surface area (Å²) < 4.78 is 0. The van der Waals surface area contributed by atoms with Crippen LogP contribution < -0.4 is 5.32 Å². The van der Waals surface area contributed by atoms with Gasteiger partial charge in [0, 0.05) is 6.07 Å². The second kappa shape index (κ2) is 3.62. The van der Waals surface area contributed by atoms with Crippen molar-refractivity contribution < 1.29 is 4.79 Å². The normalized spacial score (nSPS) is 43.4. The van der Waals surface area contributed by atoms with E-state index in [0.29, 0.717) is 5.41 Å². The van der Waals surface area contributed by atoms with Gasteiger partial charge in [-0.3, -0.25) is 9.89 Å². The number of carbonyl (C=O) groups excluding carboxylic acids is 1. The summed E-state index contributed by atoms with van der Waals surface area (Å²) in [6, 6.07) is 1.82. The number of anilines is 1. The van der Waals surface area contributed by atoms with Crippen LogP contribution in [0.4, 0.5) is 5.82 Å². The molecule has 4 heteroatoms. The Morgan fingerprint density at radius 3 is 2.68 bits per heavy atom. The predicted octanol–water partition coefficient (Wildman–Crippen LogP) is 2.95. The minimum Gasteiger partial charge on any atom is -0.311 e. The molecule has 4 aliphatic rings. The van der Waals surface area contributed by atoms with Crippen molar-refractivity contribution in [2.45, 2.75) is 45.4 Å². The number of rotatable bonds is 2. The van der Waals surface area contributed by atoms with Crippen LogP contribution in [0.15, 0.2) is 12.3 Å². The average Bonchev–Trinajstić information content (AvgIpc) is 2.78. The Kier molecular flexibility index (Phi) is 2.19. The van der Waals surface area contributed by atoms with Crippen LogP contribution in [0.3, 0.4) is 0 Å². The van der Waals surface area contributed by atoms with Gasteiger partial charge in [0.25, 0.3) is 0 Å². The number of nitrogens with zero attached hydrogens (tertiary/aromatic N) is 1. The summed E-state index contributed by atoms with van der Waals surface area (Å²) in [5, 5.41) is 9.76. The van der Waals surface area contributed by atoms with E-state index >= 15 is 0 Å². The molecule has 102 valence electrons. The van der Waals surface area contributed by atoms with Crippen molar-refractivity contribution in [1.82, 2.24) is 10.2 Å². The molecule has 2 unspecified atom stereocenters. The zero-order valence-electron chi connectivity index (χ0n) is 11.4. The summed E-state index contributed by atoms with van der Waals surface area (Å²) in [6.07, 6.45) is 8.97. The van der Waals surface area contributed by atoms with Crippen LogP contribution in [-0.2, 0) is 4.79 Å². The summed E-state index contributed by atoms with van der Waals surface area (Å²) in [4.78, 5) is 12.7. The summed E-state index contributed by atoms with van der Waals surface area (Å²) in [6.45, 7) is 2.39. The first-order valence-electron chi connectivity index (χ1n) is 7.38. The lowest BCUT2D eigenvalue weighted by Crippen LogP contribution is -2.55. The molecule has 1 aromatic rings. The number of hydrogen-bond donors (Lipinski definition) is 2. The Morgan fingerprint density at radius 2 is 2.11 bits per heavy atom. The zero-order valence-corrected chi connectivity index (χ0v) is 11.4. The van der Waals surface area contributed by atoms with Crippen molar-refractivity contribution in [3.8, 4) is 0 Å². The summed E-state index contributed by atoms with van der Waals surface area (Å²) in [5.41, 5.74) is 0.305. The fourth-order valence-electron chi connectivity index (χ4n) is 5.57. The highest BCUT2D eigenvalue weighted by molar-refractivity contribution is 5.94. The monoisotopic (exact) mass is 259 g/mol. The molecule has 4 saturated carbocycles. The molecule has 1 aromatic heterocycles. The molecule has 0 saturated heterocycles. The van der Waals surface area contributed by atoms with E-state index in [4.69, 9.17) is 0 Å². The van der Waals surface area contributed by atoms with Gasteiger partial charge in [-0.05, 0) is 55.8 Å². The summed E-state index contributed by atoms with van der Waals surface area (Å²) in [7, 11) is 0. The van der Waals surface area contributed by atoms with E-state index in [-0.39, 0.29) is 11.3 Å². The van der Waals surface area contributed by atoms with Gasteiger partial charge in [0.1, 0.15) is 5.82 Å². The summed E-state index contributed by atoms with van der Waals surface area (Å²) >= 11 is 0. The number of aromatic nitrogens is 2. The SMILES string of the molecule is CC12CC3CC(C1)CC(C(=O)Nc1ccn[nH]1)(C3)C2. The first-order chi connectivity index (χ1) is 9.07. The van der Waals surface area contributed by atoms with Gasteiger partial charge in [-0.25, -0.2) is 0 Å². The molecular weight excluding hydrogens is 238 g/mol. The third-order valence-electron chi connectivity index (χ3n) is 5.58. The molecule has 5 rings (SSSR count). The van der Waals surface area contributed by atoms with Gasteiger partial charge in [-0.15, -0.1) is 0 Å². The topological polar surface area (TPSA) is 57.8 Å². The second-order valence-electron chi connectivity index (χ2n) is 7.48. The van der Waals surface area contributed by atoms with Crippen molar-refractivity contribution >= 4 is 11.7 Å². The maximum Gasteiger partial charge on any atom is 0.231 e. The molecule has 19 heavy (non-hydrogen) atoms. The first kappa shape index (κ1) is 11.5. The van der Waals surface area contributed by atoms with Gasteiger partial charge >= 0.3 is 0 Å². The van der Waals surface area contributed by atoms with Crippen molar-refractivity contribution in [3.63, 3.8) is 0 Å². The van der Waals surface area contributed by atoms with E-state index in [1.54, 1.807) is 6.20 Å². The Hall–Kier alpha value is -1.32. The van der Waals surface area contributed by atoms with E-state index in [9.17, 15) is 4.79 Å². The molecule has 1 heterocycles. The quantitative estimate of drug-likeness (QED) is 0.858. The lowest BCUT2D eigenvalue weighted by Gasteiger charge is -2.60. The van der Waals surface area contributed by atoms with Crippen LogP contribution in [0.1, 0.15) is 45.4 Å². The van der Waals surface area contributed by atoms with Crippen LogP contribution in [0.2, 0.25) is 0 Å². The van der Waals surface area contributed by atoms with E-state index in [0.717, 1.165) is 36.9 Å². The Labute approximate surface area is 113 Å². The van der Waals surface area contributed by atoms with Gasteiger partial charge in [0.05, 0.1) is 11.6 Å². The van der Waals surface area contributed by atoms with Crippen LogP contribution >= 0.6 is 0 Å². The molecule has 0 aromatic carbocycles. The molecule has 0 aliphatic heterocycles. The Bertz CT molecular complexity index is 493. The molecule has 4 bridgehead atoms. The number of amides is 1. The molecule has 0 spiro atoms. The largest absolute Gasteiger partial charge is 0.311 e. The number of hydrogen-bond acceptors (Lipinski definition) is 2. The van der Waals surface area contributed by atoms with Crippen molar-refractivity contribution in [2.24, 2.45) is 22.7 Å². The number of H-pyrrole nitrogens is 1. The zero-order chi connectivity index (χ0) is 13.1. The fraction of sp³-hybridized carbons (Fsp3) is 0.733. The minimum atomic E-state index is -0.107. The van der Waals surface area contributed by atoms with E-state index in [1.165, 1.54) is 19.3 Å².